The van der Waals surface area contributed by atoms with E-state index in [1.165, 1.54) is 44.6 Å². The van der Waals surface area contributed by atoms with Gasteiger partial charge >= 0.3 is 6.09 Å². The van der Waals surface area contributed by atoms with Gasteiger partial charge in [-0.25, -0.2) is 9.18 Å². The first-order valence-corrected chi connectivity index (χ1v) is 24.6. The number of hydrogen-bond acceptors (Lipinski definition) is 5. The highest BCUT2D eigenvalue weighted by Crippen LogP contribution is 2.78. The van der Waals surface area contributed by atoms with Gasteiger partial charge in [-0.2, -0.15) is 0 Å². The Kier molecular flexibility index (Phi) is 10.0. The molecule has 1 amide bonds. The van der Waals surface area contributed by atoms with Gasteiger partial charge in [0.1, 0.15) is 11.9 Å². The number of rotatable bonds is 9. The molecule has 11 aliphatic rings. The molecule has 0 saturated heterocycles. The smallest absolute Gasteiger partial charge is 0.410 e. The fraction of sp³-hybridized carbons (Fsp3) is 0.769. The van der Waals surface area contributed by atoms with E-state index in [4.69, 9.17) is 16.3 Å². The molecule has 0 radical (unpaired) electrons. The molecule has 6 bridgehead atoms. The summed E-state index contributed by atoms with van der Waals surface area (Å²) in [6.45, 7) is 12.3. The first kappa shape index (κ1) is 41.8. The van der Waals surface area contributed by atoms with Crippen LogP contribution in [0.25, 0.3) is 0 Å². The summed E-state index contributed by atoms with van der Waals surface area (Å²) in [6, 6.07) is 4.60. The van der Waals surface area contributed by atoms with E-state index in [-0.39, 0.29) is 64.2 Å². The van der Waals surface area contributed by atoms with E-state index >= 15 is 14.0 Å². The number of carbonyl (C=O) groups is 2. The van der Waals surface area contributed by atoms with Gasteiger partial charge in [0.25, 0.3) is 0 Å². The lowest BCUT2D eigenvalue weighted by atomic mass is 9.32. The fourth-order valence-corrected chi connectivity index (χ4v) is 17.7. The lowest BCUT2D eigenvalue weighted by molar-refractivity contribution is -0.180. The molecule has 11 aliphatic carbocycles. The quantitative estimate of drug-likeness (QED) is 0.242. The van der Waals surface area contributed by atoms with Crippen molar-refractivity contribution < 1.29 is 28.9 Å². The Morgan fingerprint density at radius 2 is 1.55 bits per heavy atom. The monoisotopic (exact) mass is 844 g/mol. The number of carbonyl (C=O) groups excluding carboxylic acids is 2. The second-order valence-electron chi connectivity index (χ2n) is 23.6. The molecule has 8 fully saturated rings. The summed E-state index contributed by atoms with van der Waals surface area (Å²) in [5.41, 5.74) is -2.11. The molecule has 60 heavy (non-hydrogen) atoms. The minimum atomic E-state index is -1.19. The predicted octanol–water partition coefficient (Wildman–Crippen LogP) is 11.3. The molecule has 11 atom stereocenters. The normalized spacial score (nSPS) is 47.1. The van der Waals surface area contributed by atoms with Crippen molar-refractivity contribution in [3.63, 3.8) is 0 Å². The molecule has 0 aliphatic heterocycles. The van der Waals surface area contributed by atoms with Crippen LogP contribution in [-0.2, 0) is 16.0 Å². The third kappa shape index (κ3) is 6.16. The molecule has 11 unspecified atom stereocenters. The Balaban J connectivity index is 1.01. The zero-order valence-corrected chi connectivity index (χ0v) is 37.8. The van der Waals surface area contributed by atoms with Crippen LogP contribution in [0, 0.1) is 80.2 Å². The van der Waals surface area contributed by atoms with Crippen LogP contribution in [0.1, 0.15) is 143 Å². The summed E-state index contributed by atoms with van der Waals surface area (Å²) in [5.74, 6) is 2.94. The standard InChI is InChI=1S/C52H71ClFNO5/c1-31(2)37-10-9-32(3)19-43(37)60-46(58)55(29-49-24-33-20-34(25-49)22-35(21-33)26-49)30-51(59)16-13-45-48(51,5)15-12-44-47(4)14-11-36(56)27-50(47)17-18-52(44,45)39(28-50)42(57)23-38-40(53)7-6-8-41(38)54/h6-8,17-18,28,31-37,43-45,56,59H,9-16,19-27,29-30H2,1-5H3. The molecule has 328 valence electrons. The molecule has 8 saturated carbocycles. The molecule has 8 heteroatoms. The maximum absolute atomic E-state index is 15.4. The van der Waals surface area contributed by atoms with Crippen LogP contribution in [0.2, 0.25) is 5.02 Å². The van der Waals surface area contributed by atoms with Crippen LogP contribution >= 0.6 is 11.6 Å². The van der Waals surface area contributed by atoms with Gasteiger partial charge in [-0.15, -0.1) is 0 Å². The lowest BCUT2D eigenvalue weighted by Crippen LogP contribution is -2.67. The number of amides is 1. The molecular weight excluding hydrogens is 773 g/mol. The largest absolute Gasteiger partial charge is 0.446 e. The Morgan fingerprint density at radius 1 is 0.883 bits per heavy atom. The van der Waals surface area contributed by atoms with Crippen LogP contribution in [-0.4, -0.2) is 57.9 Å². The molecule has 12 rings (SSSR count). The Hall–Kier alpha value is -2.22. The second kappa shape index (κ2) is 14.4. The summed E-state index contributed by atoms with van der Waals surface area (Å²) in [5, 5.41) is 25.0. The number of ketones is 1. The highest BCUT2D eigenvalue weighted by atomic mass is 35.5. The second-order valence-corrected chi connectivity index (χ2v) is 24.0. The minimum absolute atomic E-state index is 0.0693. The van der Waals surface area contributed by atoms with Crippen LogP contribution in [0.4, 0.5) is 9.18 Å². The highest BCUT2D eigenvalue weighted by Gasteiger charge is 2.74. The van der Waals surface area contributed by atoms with Crippen LogP contribution in [0.5, 0.6) is 0 Å². The average molecular weight is 845 g/mol. The highest BCUT2D eigenvalue weighted by molar-refractivity contribution is 6.31. The zero-order chi connectivity index (χ0) is 42.2. The Labute approximate surface area is 363 Å². The number of allylic oxidation sites excluding steroid dienone is 4. The van der Waals surface area contributed by atoms with Gasteiger partial charge in [0.15, 0.2) is 5.78 Å². The first-order valence-electron chi connectivity index (χ1n) is 24.2. The van der Waals surface area contributed by atoms with Gasteiger partial charge in [-0.1, -0.05) is 76.9 Å². The van der Waals surface area contributed by atoms with Crippen LogP contribution in [0.15, 0.2) is 42.0 Å². The van der Waals surface area contributed by atoms with E-state index in [1.54, 1.807) is 12.1 Å². The van der Waals surface area contributed by atoms with E-state index in [1.807, 2.05) is 4.90 Å². The van der Waals surface area contributed by atoms with Gasteiger partial charge < -0.3 is 19.8 Å². The molecule has 0 heterocycles. The molecule has 6 nitrogen and oxygen atoms in total. The maximum atomic E-state index is 15.4. The number of fused-ring (bicyclic) bond motifs is 1. The van der Waals surface area contributed by atoms with Crippen molar-refractivity contribution in [2.75, 3.05) is 13.1 Å². The van der Waals surface area contributed by atoms with Gasteiger partial charge in [0.2, 0.25) is 0 Å². The van der Waals surface area contributed by atoms with E-state index in [0.717, 1.165) is 74.7 Å². The number of hydrogen-bond donors (Lipinski definition) is 2. The van der Waals surface area contributed by atoms with Gasteiger partial charge in [0, 0.05) is 45.4 Å². The number of aliphatic hydroxyl groups excluding tert-OH is 1. The van der Waals surface area contributed by atoms with Crippen molar-refractivity contribution in [1.82, 2.24) is 4.90 Å². The number of Topliss-reactive ketones (excluding diaryl/α,β-unsaturated/α-hetero) is 1. The van der Waals surface area contributed by atoms with E-state index in [0.29, 0.717) is 37.1 Å². The van der Waals surface area contributed by atoms with E-state index < -0.39 is 33.8 Å². The average Bonchev–Trinajstić information content (AvgIpc) is 3.45. The van der Waals surface area contributed by atoms with Gasteiger partial charge in [-0.05, 0) is 167 Å². The fourth-order valence-electron chi connectivity index (χ4n) is 17.5. The summed E-state index contributed by atoms with van der Waals surface area (Å²) in [6.07, 6.45) is 21.5. The minimum Gasteiger partial charge on any atom is -0.446 e. The summed E-state index contributed by atoms with van der Waals surface area (Å²) >= 11 is 6.57. The topological polar surface area (TPSA) is 87.1 Å². The predicted molar refractivity (Wildman–Crippen MR) is 232 cm³/mol. The molecule has 1 aromatic carbocycles. The molecule has 2 N–H and O–H groups in total. The van der Waals surface area contributed by atoms with Crippen LogP contribution < -0.4 is 0 Å². The molecule has 2 spiro atoms. The summed E-state index contributed by atoms with van der Waals surface area (Å²) in [7, 11) is 0. The Morgan fingerprint density at radius 3 is 2.23 bits per heavy atom. The molecular formula is C52H71ClFNO5. The number of benzene rings is 1. The number of nitrogens with zero attached hydrogens (tertiary/aromatic N) is 1. The lowest BCUT2D eigenvalue weighted by Gasteiger charge is -2.71. The third-order valence-corrected chi connectivity index (χ3v) is 20.4. The van der Waals surface area contributed by atoms with Crippen molar-refractivity contribution in [1.29, 1.82) is 0 Å². The number of ether oxygens (including phenoxy) is 1. The molecule has 0 aromatic heterocycles. The SMILES string of the molecule is CC1CCC(C(C)C)C(OC(=O)N(CC23CC4CC(CC(C4)C2)C3)CC2(O)CCC3C45C=CC6(C=C4C(=O)Cc4c(F)cccc4Cl)CC(O)CCC6(C)C5CCC32C)C1. The van der Waals surface area contributed by atoms with Crippen molar-refractivity contribution in [3.05, 3.63) is 58.4 Å². The van der Waals surface area contributed by atoms with Gasteiger partial charge in [0.05, 0.1) is 18.2 Å². The first-order chi connectivity index (χ1) is 28.4. The number of halogens is 2. The number of aliphatic hydroxyl groups is 2. The van der Waals surface area contributed by atoms with Gasteiger partial charge in [-0.3, -0.25) is 4.79 Å². The van der Waals surface area contributed by atoms with Crippen molar-refractivity contribution >= 4 is 23.5 Å². The van der Waals surface area contributed by atoms with Crippen molar-refractivity contribution in [3.8, 4) is 0 Å². The maximum Gasteiger partial charge on any atom is 0.410 e. The summed E-state index contributed by atoms with van der Waals surface area (Å²) in [4.78, 5) is 32.0. The van der Waals surface area contributed by atoms with Crippen molar-refractivity contribution in [2.24, 2.45) is 74.4 Å². The third-order valence-electron chi connectivity index (χ3n) is 20.0. The molecule has 1 aromatic rings. The zero-order valence-electron chi connectivity index (χ0n) is 37.0. The van der Waals surface area contributed by atoms with Crippen molar-refractivity contribution in [2.45, 2.75) is 162 Å². The van der Waals surface area contributed by atoms with E-state index in [9.17, 15) is 10.2 Å². The summed E-state index contributed by atoms with van der Waals surface area (Å²) < 4.78 is 22.1. The van der Waals surface area contributed by atoms with E-state index in [2.05, 4.69) is 52.8 Å². The van der Waals surface area contributed by atoms with Crippen LogP contribution in [0.3, 0.4) is 0 Å². The Bertz CT molecular complexity index is 1920.